The van der Waals surface area contributed by atoms with Crippen molar-refractivity contribution in [3.05, 3.63) is 17.8 Å². The fourth-order valence-electron chi connectivity index (χ4n) is 1.48. The zero-order valence-corrected chi connectivity index (χ0v) is 11.3. The smallest absolute Gasteiger partial charge is 0.308 e. The van der Waals surface area contributed by atoms with Crippen LogP contribution in [0, 0.1) is 5.92 Å². The molecule has 1 heterocycles. The summed E-state index contributed by atoms with van der Waals surface area (Å²) >= 11 is 0. The molecule has 0 aliphatic carbocycles. The van der Waals surface area contributed by atoms with E-state index in [0.717, 1.165) is 0 Å². The van der Waals surface area contributed by atoms with Gasteiger partial charge in [0, 0.05) is 20.1 Å². The molecule has 0 spiro atoms. The lowest BCUT2D eigenvalue weighted by Gasteiger charge is -2.19. The van der Waals surface area contributed by atoms with Crippen LogP contribution in [0.3, 0.4) is 0 Å². The zero-order chi connectivity index (χ0) is 14.4. The molecule has 1 unspecified atom stereocenters. The number of anilines is 1. The molecular formula is C12H18N4O3. The predicted octanol–water partition coefficient (Wildman–Crippen LogP) is 0.383. The highest BCUT2D eigenvalue weighted by Gasteiger charge is 2.15. The van der Waals surface area contributed by atoms with Crippen LogP contribution in [0.4, 0.5) is 5.82 Å². The third kappa shape index (κ3) is 4.20. The number of hydrogen-bond donors (Lipinski definition) is 2. The number of nitrogens with one attached hydrogen (secondary N) is 1. The Morgan fingerprint density at radius 1 is 1.42 bits per heavy atom. The Morgan fingerprint density at radius 3 is 2.58 bits per heavy atom. The van der Waals surface area contributed by atoms with E-state index < -0.39 is 11.9 Å². The quantitative estimate of drug-likeness (QED) is 0.773. The normalized spacial score (nSPS) is 11.7. The van der Waals surface area contributed by atoms with Gasteiger partial charge in [0.2, 0.25) is 0 Å². The van der Waals surface area contributed by atoms with Crippen LogP contribution in [0.1, 0.15) is 24.3 Å². The van der Waals surface area contributed by atoms with Crippen molar-refractivity contribution in [2.45, 2.75) is 13.8 Å². The van der Waals surface area contributed by atoms with E-state index in [-0.39, 0.29) is 11.6 Å². The van der Waals surface area contributed by atoms with Gasteiger partial charge in [-0.2, -0.15) is 0 Å². The lowest BCUT2D eigenvalue weighted by Crippen LogP contribution is -2.29. The number of carboxylic acid groups (broad SMARTS) is 1. The third-order valence-corrected chi connectivity index (χ3v) is 2.58. The third-order valence-electron chi connectivity index (χ3n) is 2.58. The van der Waals surface area contributed by atoms with E-state index in [2.05, 4.69) is 15.5 Å². The van der Waals surface area contributed by atoms with Gasteiger partial charge >= 0.3 is 5.97 Å². The van der Waals surface area contributed by atoms with E-state index in [1.54, 1.807) is 31.0 Å². The first-order valence-electron chi connectivity index (χ1n) is 6.01. The van der Waals surface area contributed by atoms with Crippen molar-refractivity contribution in [3.63, 3.8) is 0 Å². The van der Waals surface area contributed by atoms with Gasteiger partial charge in [-0.1, -0.05) is 6.92 Å². The van der Waals surface area contributed by atoms with Gasteiger partial charge in [0.1, 0.15) is 0 Å². The molecular weight excluding hydrogens is 248 g/mol. The fraction of sp³-hybridized carbons (Fsp3) is 0.500. The van der Waals surface area contributed by atoms with Crippen molar-refractivity contribution < 1.29 is 14.7 Å². The van der Waals surface area contributed by atoms with Crippen LogP contribution in [0.2, 0.25) is 0 Å². The summed E-state index contributed by atoms with van der Waals surface area (Å²) in [6.07, 6.45) is 0. The highest BCUT2D eigenvalue weighted by atomic mass is 16.4. The van der Waals surface area contributed by atoms with Crippen molar-refractivity contribution in [3.8, 4) is 0 Å². The summed E-state index contributed by atoms with van der Waals surface area (Å²) in [5.74, 6) is -1.11. The topological polar surface area (TPSA) is 95.4 Å². The molecule has 1 atom stereocenters. The van der Waals surface area contributed by atoms with Crippen LogP contribution >= 0.6 is 0 Å². The number of carbonyl (C=O) groups is 2. The van der Waals surface area contributed by atoms with Crippen LogP contribution in [0.15, 0.2) is 12.1 Å². The van der Waals surface area contributed by atoms with Gasteiger partial charge < -0.3 is 15.3 Å². The standard InChI is InChI=1S/C12H18N4O3/c1-4-13-11(17)9-5-6-10(15-14-9)16(3)7-8(2)12(18)19/h5-6,8H,4,7H2,1-3H3,(H,13,17)(H,18,19). The van der Waals surface area contributed by atoms with E-state index in [1.807, 2.05) is 6.92 Å². The van der Waals surface area contributed by atoms with Gasteiger partial charge in [-0.05, 0) is 19.1 Å². The number of aliphatic carboxylic acids is 1. The summed E-state index contributed by atoms with van der Waals surface area (Å²) in [7, 11) is 1.73. The molecule has 0 radical (unpaired) electrons. The molecule has 1 amide bonds. The van der Waals surface area contributed by atoms with Crippen LogP contribution in [0.5, 0.6) is 0 Å². The molecule has 104 valence electrons. The number of carbonyl (C=O) groups excluding carboxylic acids is 1. The summed E-state index contributed by atoms with van der Waals surface area (Å²) in [5, 5.41) is 19.2. The number of rotatable bonds is 6. The van der Waals surface area contributed by atoms with Crippen molar-refractivity contribution in [2.75, 3.05) is 25.0 Å². The molecule has 19 heavy (non-hydrogen) atoms. The Morgan fingerprint density at radius 2 is 2.11 bits per heavy atom. The van der Waals surface area contributed by atoms with Gasteiger partial charge in [-0.25, -0.2) is 0 Å². The SMILES string of the molecule is CCNC(=O)c1ccc(N(C)CC(C)C(=O)O)nn1. The van der Waals surface area contributed by atoms with Crippen molar-refractivity contribution >= 4 is 17.7 Å². The van der Waals surface area contributed by atoms with Gasteiger partial charge in [0.15, 0.2) is 11.5 Å². The number of hydrogen-bond acceptors (Lipinski definition) is 5. The second-order valence-corrected chi connectivity index (χ2v) is 4.26. The first-order chi connectivity index (χ1) is 8.95. The average Bonchev–Trinajstić information content (AvgIpc) is 2.39. The van der Waals surface area contributed by atoms with Gasteiger partial charge in [-0.3, -0.25) is 9.59 Å². The maximum absolute atomic E-state index is 11.5. The van der Waals surface area contributed by atoms with E-state index in [0.29, 0.717) is 18.9 Å². The number of aromatic nitrogens is 2. The second-order valence-electron chi connectivity index (χ2n) is 4.26. The molecule has 7 heteroatoms. The van der Waals surface area contributed by atoms with Gasteiger partial charge in [0.05, 0.1) is 5.92 Å². The molecule has 0 fully saturated rings. The molecule has 1 aromatic rings. The van der Waals surface area contributed by atoms with E-state index in [1.165, 1.54) is 0 Å². The average molecular weight is 266 g/mol. The minimum atomic E-state index is -0.862. The number of carboxylic acids is 1. The fourth-order valence-corrected chi connectivity index (χ4v) is 1.48. The molecule has 0 bridgehead atoms. The maximum atomic E-state index is 11.5. The summed E-state index contributed by atoms with van der Waals surface area (Å²) in [6.45, 7) is 4.29. The zero-order valence-electron chi connectivity index (χ0n) is 11.3. The summed E-state index contributed by atoms with van der Waals surface area (Å²) < 4.78 is 0. The minimum Gasteiger partial charge on any atom is -0.481 e. The Labute approximate surface area is 111 Å². The van der Waals surface area contributed by atoms with Crippen LogP contribution in [-0.2, 0) is 4.79 Å². The molecule has 0 saturated heterocycles. The first-order valence-corrected chi connectivity index (χ1v) is 6.01. The highest BCUT2D eigenvalue weighted by molar-refractivity contribution is 5.92. The summed E-state index contributed by atoms with van der Waals surface area (Å²) in [4.78, 5) is 23.9. The van der Waals surface area contributed by atoms with Crippen molar-refractivity contribution in [1.29, 1.82) is 0 Å². The van der Waals surface area contributed by atoms with E-state index in [9.17, 15) is 9.59 Å². The highest BCUT2D eigenvalue weighted by Crippen LogP contribution is 2.10. The monoisotopic (exact) mass is 266 g/mol. The van der Waals surface area contributed by atoms with Crippen molar-refractivity contribution in [2.24, 2.45) is 5.92 Å². The molecule has 1 rings (SSSR count). The molecule has 2 N–H and O–H groups in total. The Balaban J connectivity index is 2.70. The molecule has 0 aliphatic heterocycles. The van der Waals surface area contributed by atoms with Gasteiger partial charge in [-0.15, -0.1) is 10.2 Å². The number of amides is 1. The molecule has 0 saturated carbocycles. The molecule has 0 aromatic carbocycles. The largest absolute Gasteiger partial charge is 0.481 e. The first kappa shape index (κ1) is 14.9. The molecule has 7 nitrogen and oxygen atoms in total. The lowest BCUT2D eigenvalue weighted by atomic mass is 10.2. The molecule has 1 aromatic heterocycles. The maximum Gasteiger partial charge on any atom is 0.308 e. The van der Waals surface area contributed by atoms with E-state index >= 15 is 0 Å². The predicted molar refractivity (Wildman–Crippen MR) is 70.1 cm³/mol. The van der Waals surface area contributed by atoms with E-state index in [4.69, 9.17) is 5.11 Å². The summed E-state index contributed by atoms with van der Waals surface area (Å²) in [6, 6.07) is 3.21. The Kier molecular flexibility index (Phi) is 5.23. The van der Waals surface area contributed by atoms with Crippen LogP contribution in [-0.4, -0.2) is 47.3 Å². The summed E-state index contributed by atoms with van der Waals surface area (Å²) in [5.41, 5.74) is 0.241. The van der Waals surface area contributed by atoms with Gasteiger partial charge in [0.25, 0.3) is 5.91 Å². The van der Waals surface area contributed by atoms with Crippen molar-refractivity contribution in [1.82, 2.24) is 15.5 Å². The number of nitrogens with zero attached hydrogens (tertiary/aromatic N) is 3. The second kappa shape index (κ2) is 6.67. The molecule has 0 aliphatic rings. The lowest BCUT2D eigenvalue weighted by molar-refractivity contribution is -0.140. The van der Waals surface area contributed by atoms with Crippen LogP contribution in [0.25, 0.3) is 0 Å². The van der Waals surface area contributed by atoms with Crippen LogP contribution < -0.4 is 10.2 Å². The Hall–Kier alpha value is -2.18. The minimum absolute atomic E-state index is 0.241. The Bertz CT molecular complexity index is 447.